The van der Waals surface area contributed by atoms with E-state index in [4.69, 9.17) is 5.73 Å². The number of hydrogen-bond donors (Lipinski definition) is 1. The molecule has 0 aliphatic heterocycles. The van der Waals surface area contributed by atoms with Gasteiger partial charge in [0.1, 0.15) is 0 Å². The Morgan fingerprint density at radius 1 is 1.21 bits per heavy atom. The van der Waals surface area contributed by atoms with Crippen LogP contribution in [0.5, 0.6) is 0 Å². The molecule has 19 heavy (non-hydrogen) atoms. The normalized spacial score (nSPS) is 17.9. The van der Waals surface area contributed by atoms with E-state index in [-0.39, 0.29) is 5.92 Å². The molecular weight excluding hydrogens is 236 g/mol. The fourth-order valence-corrected chi connectivity index (χ4v) is 2.92. The Labute approximate surface area is 118 Å². The number of rotatable bonds is 8. The summed E-state index contributed by atoms with van der Waals surface area (Å²) in [4.78, 5) is 14.8. The highest BCUT2D eigenvalue weighted by atomic mass is 16.2. The molecular formula is C16H32N2O. The van der Waals surface area contributed by atoms with Crippen LogP contribution in [0.4, 0.5) is 0 Å². The van der Waals surface area contributed by atoms with Crippen LogP contribution in [0.1, 0.15) is 65.7 Å². The van der Waals surface area contributed by atoms with Gasteiger partial charge in [0.2, 0.25) is 5.91 Å². The molecule has 0 bridgehead atoms. The third-order valence-corrected chi connectivity index (χ3v) is 4.26. The van der Waals surface area contributed by atoms with E-state index < -0.39 is 0 Å². The molecule has 0 aromatic rings. The summed E-state index contributed by atoms with van der Waals surface area (Å²) >= 11 is 0. The minimum absolute atomic E-state index is 0.135. The summed E-state index contributed by atoms with van der Waals surface area (Å²) in [5.74, 6) is 1.16. The Kier molecular flexibility index (Phi) is 7.44. The summed E-state index contributed by atoms with van der Waals surface area (Å²) in [7, 11) is 0. The van der Waals surface area contributed by atoms with Crippen molar-refractivity contribution in [3.63, 3.8) is 0 Å². The molecule has 3 heteroatoms. The quantitative estimate of drug-likeness (QED) is 0.735. The second kappa shape index (κ2) is 8.57. The van der Waals surface area contributed by atoms with Gasteiger partial charge in [0.15, 0.2) is 0 Å². The number of hydrogen-bond acceptors (Lipinski definition) is 2. The topological polar surface area (TPSA) is 46.3 Å². The number of nitrogens with zero attached hydrogens (tertiary/aromatic N) is 1. The third kappa shape index (κ3) is 5.52. The van der Waals surface area contributed by atoms with Gasteiger partial charge in [0.25, 0.3) is 0 Å². The SMILES string of the molecule is CC(C)CCN(C(=O)C(C)CCCN)C1CCCC1. The van der Waals surface area contributed by atoms with E-state index in [1.165, 1.54) is 25.7 Å². The predicted octanol–water partition coefficient (Wildman–Crippen LogP) is 3.18. The minimum Gasteiger partial charge on any atom is -0.339 e. The maximum atomic E-state index is 12.6. The smallest absolute Gasteiger partial charge is 0.225 e. The van der Waals surface area contributed by atoms with Gasteiger partial charge in [-0.1, -0.05) is 33.6 Å². The maximum absolute atomic E-state index is 12.6. The summed E-state index contributed by atoms with van der Waals surface area (Å²) < 4.78 is 0. The zero-order valence-corrected chi connectivity index (χ0v) is 13.0. The van der Waals surface area contributed by atoms with Crippen LogP contribution in [0.25, 0.3) is 0 Å². The number of carbonyl (C=O) groups is 1. The molecule has 0 aromatic carbocycles. The summed E-state index contributed by atoms with van der Waals surface area (Å²) in [6, 6.07) is 0.506. The zero-order chi connectivity index (χ0) is 14.3. The molecule has 112 valence electrons. The van der Waals surface area contributed by atoms with Crippen LogP contribution < -0.4 is 5.73 Å². The zero-order valence-electron chi connectivity index (χ0n) is 13.0. The molecule has 0 spiro atoms. The van der Waals surface area contributed by atoms with Crippen LogP contribution in [0.3, 0.4) is 0 Å². The largest absolute Gasteiger partial charge is 0.339 e. The summed E-state index contributed by atoms with van der Waals surface area (Å²) in [5, 5.41) is 0. The fourth-order valence-electron chi connectivity index (χ4n) is 2.92. The van der Waals surface area contributed by atoms with Crippen molar-refractivity contribution in [1.82, 2.24) is 4.90 Å². The Bertz CT molecular complexity index is 259. The van der Waals surface area contributed by atoms with Gasteiger partial charge in [0.05, 0.1) is 0 Å². The van der Waals surface area contributed by atoms with Crippen LogP contribution in [0.15, 0.2) is 0 Å². The van der Waals surface area contributed by atoms with Gasteiger partial charge in [-0.2, -0.15) is 0 Å². The first-order valence-electron chi connectivity index (χ1n) is 8.06. The average Bonchev–Trinajstić information content (AvgIpc) is 2.89. The molecule has 2 N–H and O–H groups in total. The monoisotopic (exact) mass is 268 g/mol. The second-order valence-corrected chi connectivity index (χ2v) is 6.48. The Balaban J connectivity index is 2.57. The standard InChI is InChI=1S/C16H32N2O/c1-13(2)10-12-18(15-8-4-5-9-15)16(19)14(3)7-6-11-17/h13-15H,4-12,17H2,1-3H3. The molecule has 1 aliphatic carbocycles. The van der Waals surface area contributed by atoms with Crippen molar-refractivity contribution < 1.29 is 4.79 Å². The Hall–Kier alpha value is -0.570. The van der Waals surface area contributed by atoms with Gasteiger partial charge >= 0.3 is 0 Å². The van der Waals surface area contributed by atoms with Crippen LogP contribution in [-0.4, -0.2) is 29.9 Å². The van der Waals surface area contributed by atoms with E-state index in [0.29, 0.717) is 24.4 Å². The van der Waals surface area contributed by atoms with Gasteiger partial charge in [-0.15, -0.1) is 0 Å². The molecule has 1 saturated carbocycles. The molecule has 1 fully saturated rings. The summed E-state index contributed by atoms with van der Waals surface area (Å²) in [6.07, 6.45) is 7.98. The lowest BCUT2D eigenvalue weighted by atomic mass is 10.0. The van der Waals surface area contributed by atoms with Crippen molar-refractivity contribution in [2.24, 2.45) is 17.6 Å². The van der Waals surface area contributed by atoms with Crippen molar-refractivity contribution in [1.29, 1.82) is 0 Å². The molecule has 1 atom stereocenters. The lowest BCUT2D eigenvalue weighted by Crippen LogP contribution is -2.42. The highest BCUT2D eigenvalue weighted by Gasteiger charge is 2.28. The lowest BCUT2D eigenvalue weighted by Gasteiger charge is -2.32. The van der Waals surface area contributed by atoms with Crippen LogP contribution in [-0.2, 0) is 4.79 Å². The average molecular weight is 268 g/mol. The van der Waals surface area contributed by atoms with E-state index in [2.05, 4.69) is 25.7 Å². The summed E-state index contributed by atoms with van der Waals surface area (Å²) in [5.41, 5.74) is 5.55. The van der Waals surface area contributed by atoms with Crippen molar-refractivity contribution in [3.8, 4) is 0 Å². The lowest BCUT2D eigenvalue weighted by molar-refractivity contribution is -0.137. The fraction of sp³-hybridized carbons (Fsp3) is 0.938. The van der Waals surface area contributed by atoms with Crippen molar-refractivity contribution in [2.45, 2.75) is 71.8 Å². The van der Waals surface area contributed by atoms with E-state index in [1.54, 1.807) is 0 Å². The van der Waals surface area contributed by atoms with E-state index in [0.717, 1.165) is 25.8 Å². The van der Waals surface area contributed by atoms with Crippen molar-refractivity contribution in [3.05, 3.63) is 0 Å². The van der Waals surface area contributed by atoms with Gasteiger partial charge in [-0.3, -0.25) is 4.79 Å². The maximum Gasteiger partial charge on any atom is 0.225 e. The third-order valence-electron chi connectivity index (χ3n) is 4.26. The van der Waals surface area contributed by atoms with Crippen LogP contribution in [0.2, 0.25) is 0 Å². The molecule has 1 rings (SSSR count). The molecule has 1 amide bonds. The van der Waals surface area contributed by atoms with Crippen molar-refractivity contribution in [2.75, 3.05) is 13.1 Å². The van der Waals surface area contributed by atoms with Crippen molar-refractivity contribution >= 4 is 5.91 Å². The van der Waals surface area contributed by atoms with E-state index in [1.807, 2.05) is 0 Å². The first-order valence-corrected chi connectivity index (χ1v) is 8.06. The molecule has 0 heterocycles. The van der Waals surface area contributed by atoms with Gasteiger partial charge in [0, 0.05) is 18.5 Å². The predicted molar refractivity (Wildman–Crippen MR) is 80.9 cm³/mol. The molecule has 0 saturated heterocycles. The van der Waals surface area contributed by atoms with E-state index in [9.17, 15) is 4.79 Å². The highest BCUT2D eigenvalue weighted by Crippen LogP contribution is 2.26. The summed E-state index contributed by atoms with van der Waals surface area (Å²) in [6.45, 7) is 8.15. The molecule has 3 nitrogen and oxygen atoms in total. The number of carbonyl (C=O) groups excluding carboxylic acids is 1. The Morgan fingerprint density at radius 2 is 1.84 bits per heavy atom. The van der Waals surface area contributed by atoms with Crippen LogP contribution in [0, 0.1) is 11.8 Å². The molecule has 1 aliphatic rings. The van der Waals surface area contributed by atoms with Gasteiger partial charge in [-0.05, 0) is 44.6 Å². The van der Waals surface area contributed by atoms with Gasteiger partial charge < -0.3 is 10.6 Å². The Morgan fingerprint density at radius 3 is 2.37 bits per heavy atom. The van der Waals surface area contributed by atoms with E-state index >= 15 is 0 Å². The first kappa shape index (κ1) is 16.5. The molecule has 0 radical (unpaired) electrons. The second-order valence-electron chi connectivity index (χ2n) is 6.48. The first-order chi connectivity index (χ1) is 9.06. The molecule has 1 unspecified atom stereocenters. The number of nitrogens with two attached hydrogens (primary N) is 1. The highest BCUT2D eigenvalue weighted by molar-refractivity contribution is 5.78. The molecule has 0 aromatic heterocycles. The van der Waals surface area contributed by atoms with Crippen LogP contribution >= 0.6 is 0 Å². The minimum atomic E-state index is 0.135. The number of amides is 1. The van der Waals surface area contributed by atoms with Gasteiger partial charge in [-0.25, -0.2) is 0 Å².